The maximum atomic E-state index is 5.86. The number of thioether (sulfide) groups is 1. The van der Waals surface area contributed by atoms with Crippen molar-refractivity contribution in [2.75, 3.05) is 37.0 Å². The van der Waals surface area contributed by atoms with Gasteiger partial charge in [-0.2, -0.15) is 26.7 Å². The Labute approximate surface area is 147 Å². The first-order valence-electron chi connectivity index (χ1n) is 8.13. The molecule has 2 atom stereocenters. The molecular weight excluding hydrogens is 320 g/mol. The first-order valence-corrected chi connectivity index (χ1v) is 9.18. The van der Waals surface area contributed by atoms with E-state index in [1.807, 2.05) is 30.8 Å². The molecule has 0 saturated carbocycles. The van der Waals surface area contributed by atoms with Crippen LogP contribution in [0.4, 0.5) is 11.9 Å². The number of hydrogen-bond donors (Lipinski definition) is 1. The molecule has 1 aromatic carbocycles. The number of aromatic nitrogens is 3. The Kier molecular flexibility index (Phi) is 5.20. The van der Waals surface area contributed by atoms with Crippen LogP contribution >= 0.6 is 11.8 Å². The summed E-state index contributed by atoms with van der Waals surface area (Å²) >= 11 is 2.02. The van der Waals surface area contributed by atoms with E-state index in [9.17, 15) is 0 Å². The van der Waals surface area contributed by atoms with Crippen LogP contribution in [-0.2, 0) is 6.54 Å². The third kappa shape index (κ3) is 3.79. The average molecular weight is 344 g/mol. The van der Waals surface area contributed by atoms with Crippen molar-refractivity contribution in [3.8, 4) is 0 Å². The lowest BCUT2D eigenvalue weighted by Gasteiger charge is -2.39. The summed E-state index contributed by atoms with van der Waals surface area (Å²) in [5, 5.41) is 0.522. The minimum absolute atomic E-state index is 0.277. The van der Waals surface area contributed by atoms with Gasteiger partial charge in [-0.1, -0.05) is 37.3 Å². The van der Waals surface area contributed by atoms with Crippen molar-refractivity contribution in [3.05, 3.63) is 41.7 Å². The van der Waals surface area contributed by atoms with E-state index in [-0.39, 0.29) is 5.95 Å². The molecule has 24 heavy (non-hydrogen) atoms. The molecular formula is C17H24N6S. The normalized spacial score (nSPS) is 21.6. The predicted octanol–water partition coefficient (Wildman–Crippen LogP) is 2.20. The molecule has 1 aromatic heterocycles. The van der Waals surface area contributed by atoms with Gasteiger partial charge in [0.1, 0.15) is 5.82 Å². The summed E-state index contributed by atoms with van der Waals surface area (Å²) in [6.45, 7) is 3.98. The van der Waals surface area contributed by atoms with Gasteiger partial charge in [0, 0.05) is 37.7 Å². The number of rotatable bonds is 4. The van der Waals surface area contributed by atoms with Gasteiger partial charge >= 0.3 is 0 Å². The van der Waals surface area contributed by atoms with Crippen molar-refractivity contribution in [1.29, 1.82) is 0 Å². The molecule has 3 rings (SSSR count). The van der Waals surface area contributed by atoms with Crippen LogP contribution in [-0.4, -0.2) is 51.5 Å². The zero-order valence-corrected chi connectivity index (χ0v) is 15.2. The van der Waals surface area contributed by atoms with Gasteiger partial charge < -0.3 is 10.6 Å². The SMILES string of the molecule is CC1SCCN(Cc2nc(N)nc(N(C)C)n2)C1c1ccccc1. The largest absolute Gasteiger partial charge is 0.368 e. The fourth-order valence-corrected chi connectivity index (χ4v) is 4.29. The van der Waals surface area contributed by atoms with Crippen LogP contribution in [0.5, 0.6) is 0 Å². The monoisotopic (exact) mass is 344 g/mol. The van der Waals surface area contributed by atoms with Crippen LogP contribution in [0.25, 0.3) is 0 Å². The van der Waals surface area contributed by atoms with Crippen LogP contribution in [0.1, 0.15) is 24.4 Å². The maximum Gasteiger partial charge on any atom is 0.229 e. The van der Waals surface area contributed by atoms with E-state index in [0.29, 0.717) is 23.8 Å². The second-order valence-electron chi connectivity index (χ2n) is 6.21. The van der Waals surface area contributed by atoms with Crippen molar-refractivity contribution in [1.82, 2.24) is 19.9 Å². The molecule has 0 radical (unpaired) electrons. The summed E-state index contributed by atoms with van der Waals surface area (Å²) < 4.78 is 0. The lowest BCUT2D eigenvalue weighted by Crippen LogP contribution is -2.40. The zero-order valence-electron chi connectivity index (χ0n) is 14.4. The van der Waals surface area contributed by atoms with Crippen LogP contribution in [0.3, 0.4) is 0 Å². The highest BCUT2D eigenvalue weighted by atomic mass is 32.2. The molecule has 7 heteroatoms. The minimum Gasteiger partial charge on any atom is -0.368 e. The highest BCUT2D eigenvalue weighted by Crippen LogP contribution is 2.36. The molecule has 0 bridgehead atoms. The van der Waals surface area contributed by atoms with Gasteiger partial charge in [-0.15, -0.1) is 0 Å². The summed E-state index contributed by atoms with van der Waals surface area (Å²) in [4.78, 5) is 17.4. The quantitative estimate of drug-likeness (QED) is 0.911. The van der Waals surface area contributed by atoms with Crippen LogP contribution < -0.4 is 10.6 Å². The Morgan fingerprint density at radius 3 is 2.67 bits per heavy atom. The lowest BCUT2D eigenvalue weighted by atomic mass is 10.0. The molecule has 0 amide bonds. The third-order valence-electron chi connectivity index (χ3n) is 4.17. The van der Waals surface area contributed by atoms with Gasteiger partial charge in [0.25, 0.3) is 0 Å². The van der Waals surface area contributed by atoms with Crippen LogP contribution in [0.2, 0.25) is 0 Å². The summed E-state index contributed by atoms with van der Waals surface area (Å²) in [6, 6.07) is 11.0. The van der Waals surface area contributed by atoms with Gasteiger partial charge in [0.05, 0.1) is 6.54 Å². The standard InChI is InChI=1S/C17H24N6S/c1-12-15(13-7-5-4-6-8-13)23(9-10-24-12)11-14-19-16(18)21-17(20-14)22(2)3/h4-8,12,15H,9-11H2,1-3H3,(H2,18,19,20,21). The molecule has 1 saturated heterocycles. The smallest absolute Gasteiger partial charge is 0.229 e. The first-order chi connectivity index (χ1) is 11.5. The summed E-state index contributed by atoms with van der Waals surface area (Å²) in [7, 11) is 3.82. The van der Waals surface area contributed by atoms with E-state index in [1.165, 1.54) is 5.56 Å². The summed E-state index contributed by atoms with van der Waals surface area (Å²) in [6.07, 6.45) is 0. The Bertz CT molecular complexity index is 678. The summed E-state index contributed by atoms with van der Waals surface area (Å²) in [5.41, 5.74) is 7.20. The second kappa shape index (κ2) is 7.36. The van der Waals surface area contributed by atoms with Gasteiger partial charge in [-0.3, -0.25) is 4.90 Å². The Balaban J connectivity index is 1.87. The number of benzene rings is 1. The molecule has 6 nitrogen and oxygen atoms in total. The fraction of sp³-hybridized carbons (Fsp3) is 0.471. The van der Waals surface area contributed by atoms with Crippen molar-refractivity contribution >= 4 is 23.7 Å². The fourth-order valence-electron chi connectivity index (χ4n) is 3.07. The molecule has 0 aliphatic carbocycles. The lowest BCUT2D eigenvalue weighted by molar-refractivity contribution is 0.187. The molecule has 2 aromatic rings. The minimum atomic E-state index is 0.277. The topological polar surface area (TPSA) is 71.2 Å². The molecule has 2 heterocycles. The van der Waals surface area contributed by atoms with Crippen molar-refractivity contribution < 1.29 is 0 Å². The van der Waals surface area contributed by atoms with E-state index in [2.05, 4.69) is 57.1 Å². The first kappa shape index (κ1) is 17.0. The van der Waals surface area contributed by atoms with Gasteiger partial charge in [0.15, 0.2) is 0 Å². The Morgan fingerprint density at radius 1 is 1.21 bits per heavy atom. The number of nitrogens with two attached hydrogens (primary N) is 1. The van der Waals surface area contributed by atoms with E-state index >= 15 is 0 Å². The predicted molar refractivity (Wildman–Crippen MR) is 100 cm³/mol. The molecule has 128 valence electrons. The van der Waals surface area contributed by atoms with Crippen LogP contribution in [0, 0.1) is 0 Å². The summed E-state index contributed by atoms with van der Waals surface area (Å²) in [5.74, 6) is 2.73. The van der Waals surface area contributed by atoms with Crippen molar-refractivity contribution in [3.63, 3.8) is 0 Å². The second-order valence-corrected chi connectivity index (χ2v) is 7.69. The van der Waals surface area contributed by atoms with Gasteiger partial charge in [-0.05, 0) is 5.56 Å². The maximum absolute atomic E-state index is 5.86. The third-order valence-corrected chi connectivity index (χ3v) is 5.37. The number of nitrogens with zero attached hydrogens (tertiary/aromatic N) is 5. The van der Waals surface area contributed by atoms with E-state index in [1.54, 1.807) is 0 Å². The number of anilines is 2. The molecule has 2 unspecified atom stereocenters. The van der Waals surface area contributed by atoms with Crippen LogP contribution in [0.15, 0.2) is 30.3 Å². The zero-order chi connectivity index (χ0) is 17.1. The Morgan fingerprint density at radius 2 is 1.96 bits per heavy atom. The molecule has 1 aliphatic heterocycles. The average Bonchev–Trinajstić information content (AvgIpc) is 2.55. The Hall–Kier alpha value is -1.86. The molecule has 1 aliphatic rings. The number of nitrogen functional groups attached to an aromatic ring is 1. The molecule has 1 fully saturated rings. The van der Waals surface area contributed by atoms with Gasteiger partial charge in [0.2, 0.25) is 11.9 Å². The highest BCUT2D eigenvalue weighted by Gasteiger charge is 2.31. The van der Waals surface area contributed by atoms with Crippen molar-refractivity contribution in [2.24, 2.45) is 0 Å². The van der Waals surface area contributed by atoms with E-state index in [4.69, 9.17) is 5.73 Å². The molecule has 2 N–H and O–H groups in total. The van der Waals surface area contributed by atoms with E-state index < -0.39 is 0 Å². The van der Waals surface area contributed by atoms with Crippen molar-refractivity contribution in [2.45, 2.75) is 24.8 Å². The molecule has 0 spiro atoms. The van der Waals surface area contributed by atoms with Gasteiger partial charge in [-0.25, -0.2) is 0 Å². The number of hydrogen-bond acceptors (Lipinski definition) is 7. The van der Waals surface area contributed by atoms with E-state index in [0.717, 1.165) is 18.1 Å². The highest BCUT2D eigenvalue weighted by molar-refractivity contribution is 8.00.